The van der Waals surface area contributed by atoms with Gasteiger partial charge in [-0.3, -0.25) is 9.78 Å². The Morgan fingerprint density at radius 2 is 1.76 bits per heavy atom. The standard InChI is InChI=1S/C30H27N5O2/c1-34(19-9-15-27-20-28(33-37-27)23-10-4-2-5-11-23)29(36)17-16-25-22-35(26-13-6-3-7-14-26)32-30(25)24-12-8-18-31-21-24/h2-8,10-14,16-18,20-22H,9,15,19H2,1H3/b17-16+. The van der Waals surface area contributed by atoms with E-state index >= 15 is 0 Å². The molecule has 5 rings (SSSR count). The topological polar surface area (TPSA) is 77.0 Å². The van der Waals surface area contributed by atoms with Crippen LogP contribution in [-0.2, 0) is 11.2 Å². The van der Waals surface area contributed by atoms with Gasteiger partial charge in [-0.1, -0.05) is 53.7 Å². The highest BCUT2D eigenvalue weighted by molar-refractivity contribution is 5.92. The van der Waals surface area contributed by atoms with Crippen molar-refractivity contribution in [2.75, 3.05) is 13.6 Å². The third-order valence-corrected chi connectivity index (χ3v) is 6.03. The number of benzene rings is 2. The van der Waals surface area contributed by atoms with Gasteiger partial charge in [-0.2, -0.15) is 5.10 Å². The van der Waals surface area contributed by atoms with Crippen molar-refractivity contribution in [3.8, 4) is 28.2 Å². The zero-order chi connectivity index (χ0) is 25.5. The Bertz CT molecular complexity index is 1470. The quantitative estimate of drug-likeness (QED) is 0.249. The van der Waals surface area contributed by atoms with Crippen LogP contribution in [0.3, 0.4) is 0 Å². The van der Waals surface area contributed by atoms with Gasteiger partial charge in [0.25, 0.3) is 0 Å². The highest BCUT2D eigenvalue weighted by Crippen LogP contribution is 2.24. The Morgan fingerprint density at radius 3 is 2.51 bits per heavy atom. The number of hydrogen-bond acceptors (Lipinski definition) is 5. The normalized spacial score (nSPS) is 11.2. The Balaban J connectivity index is 1.23. The molecule has 0 aliphatic heterocycles. The smallest absolute Gasteiger partial charge is 0.246 e. The summed E-state index contributed by atoms with van der Waals surface area (Å²) in [6.45, 7) is 0.600. The lowest BCUT2D eigenvalue weighted by atomic mass is 10.1. The van der Waals surface area contributed by atoms with E-state index in [1.54, 1.807) is 30.4 Å². The van der Waals surface area contributed by atoms with E-state index in [-0.39, 0.29) is 5.91 Å². The summed E-state index contributed by atoms with van der Waals surface area (Å²) in [5, 5.41) is 8.92. The predicted molar refractivity (Wildman–Crippen MR) is 144 cm³/mol. The molecule has 7 nitrogen and oxygen atoms in total. The molecule has 5 aromatic rings. The number of para-hydroxylation sites is 1. The number of carbonyl (C=O) groups excluding carboxylic acids is 1. The maximum absolute atomic E-state index is 12.8. The monoisotopic (exact) mass is 489 g/mol. The first-order valence-corrected chi connectivity index (χ1v) is 12.2. The summed E-state index contributed by atoms with van der Waals surface area (Å²) in [5.74, 6) is 0.733. The van der Waals surface area contributed by atoms with Gasteiger partial charge in [0, 0.05) is 67.4 Å². The van der Waals surface area contributed by atoms with Gasteiger partial charge in [0.2, 0.25) is 5.91 Å². The summed E-state index contributed by atoms with van der Waals surface area (Å²) in [6.07, 6.45) is 10.3. The minimum atomic E-state index is -0.0767. The number of hydrogen-bond donors (Lipinski definition) is 0. The molecule has 3 aromatic heterocycles. The maximum Gasteiger partial charge on any atom is 0.246 e. The number of carbonyl (C=O) groups is 1. The summed E-state index contributed by atoms with van der Waals surface area (Å²) in [5.41, 5.74) is 5.29. The minimum Gasteiger partial charge on any atom is -0.361 e. The fraction of sp³-hybridized carbons (Fsp3) is 0.133. The van der Waals surface area contributed by atoms with Crippen LogP contribution >= 0.6 is 0 Å². The van der Waals surface area contributed by atoms with Crippen LogP contribution in [0.25, 0.3) is 34.3 Å². The number of pyridine rings is 1. The summed E-state index contributed by atoms with van der Waals surface area (Å²) < 4.78 is 7.30. The Labute approximate surface area is 215 Å². The van der Waals surface area contributed by atoms with Crippen molar-refractivity contribution < 1.29 is 9.32 Å². The van der Waals surface area contributed by atoms with Crippen molar-refractivity contribution in [1.29, 1.82) is 0 Å². The SMILES string of the molecule is CN(CCCc1cc(-c2ccccc2)no1)C(=O)/C=C/c1cn(-c2ccccc2)nc1-c1cccnc1. The average Bonchev–Trinajstić information content (AvgIpc) is 3.61. The van der Waals surface area contributed by atoms with Crippen LogP contribution in [0.2, 0.25) is 0 Å². The number of amides is 1. The van der Waals surface area contributed by atoms with Gasteiger partial charge in [0.15, 0.2) is 0 Å². The van der Waals surface area contributed by atoms with E-state index < -0.39 is 0 Å². The fourth-order valence-corrected chi connectivity index (χ4v) is 4.01. The van der Waals surface area contributed by atoms with Crippen LogP contribution in [0.1, 0.15) is 17.7 Å². The second kappa shape index (κ2) is 11.3. The molecule has 1 amide bonds. The molecule has 0 saturated heterocycles. The lowest BCUT2D eigenvalue weighted by Crippen LogP contribution is -2.26. The summed E-state index contributed by atoms with van der Waals surface area (Å²) in [7, 11) is 1.80. The van der Waals surface area contributed by atoms with Crippen molar-refractivity contribution in [2.24, 2.45) is 0 Å². The van der Waals surface area contributed by atoms with Crippen molar-refractivity contribution in [3.05, 3.63) is 115 Å². The van der Waals surface area contributed by atoms with E-state index in [0.717, 1.165) is 45.9 Å². The Hall–Kier alpha value is -4.78. The zero-order valence-electron chi connectivity index (χ0n) is 20.6. The van der Waals surface area contributed by atoms with Gasteiger partial charge in [-0.25, -0.2) is 4.68 Å². The van der Waals surface area contributed by atoms with Gasteiger partial charge in [0.05, 0.1) is 5.69 Å². The van der Waals surface area contributed by atoms with Crippen molar-refractivity contribution in [2.45, 2.75) is 12.8 Å². The molecule has 0 fully saturated rings. The molecule has 3 heterocycles. The van der Waals surface area contributed by atoms with Crippen molar-refractivity contribution in [3.63, 3.8) is 0 Å². The molecule has 0 spiro atoms. The van der Waals surface area contributed by atoms with Crippen LogP contribution in [0.15, 0.2) is 108 Å². The van der Waals surface area contributed by atoms with E-state index in [2.05, 4.69) is 10.1 Å². The molecule has 0 saturated carbocycles. The highest BCUT2D eigenvalue weighted by atomic mass is 16.5. The first kappa shape index (κ1) is 23.9. The van der Waals surface area contributed by atoms with Crippen LogP contribution in [-0.4, -0.2) is 44.3 Å². The molecule has 184 valence electrons. The van der Waals surface area contributed by atoms with E-state index in [1.807, 2.05) is 95.8 Å². The van der Waals surface area contributed by atoms with Gasteiger partial charge < -0.3 is 9.42 Å². The molecule has 0 atom stereocenters. The van der Waals surface area contributed by atoms with Gasteiger partial charge in [-0.05, 0) is 36.8 Å². The number of likely N-dealkylation sites (N-methyl/N-ethyl adjacent to an activating group) is 1. The first-order valence-electron chi connectivity index (χ1n) is 12.2. The zero-order valence-corrected chi connectivity index (χ0v) is 20.6. The molecular formula is C30H27N5O2. The summed E-state index contributed by atoms with van der Waals surface area (Å²) in [4.78, 5) is 18.8. The van der Waals surface area contributed by atoms with Crippen LogP contribution in [0.4, 0.5) is 0 Å². The van der Waals surface area contributed by atoms with Gasteiger partial charge >= 0.3 is 0 Å². The van der Waals surface area contributed by atoms with Crippen molar-refractivity contribution in [1.82, 2.24) is 24.8 Å². The van der Waals surface area contributed by atoms with E-state index in [4.69, 9.17) is 9.62 Å². The molecule has 7 heteroatoms. The van der Waals surface area contributed by atoms with Crippen molar-refractivity contribution >= 4 is 12.0 Å². The number of nitrogens with zero attached hydrogens (tertiary/aromatic N) is 5. The maximum atomic E-state index is 12.8. The molecule has 37 heavy (non-hydrogen) atoms. The molecule has 0 unspecified atom stereocenters. The second-order valence-electron chi connectivity index (χ2n) is 8.70. The Morgan fingerprint density at radius 1 is 1.00 bits per heavy atom. The molecule has 2 aromatic carbocycles. The lowest BCUT2D eigenvalue weighted by Gasteiger charge is -2.14. The van der Waals surface area contributed by atoms with Crippen LogP contribution in [0.5, 0.6) is 0 Å². The number of aryl methyl sites for hydroxylation is 1. The van der Waals surface area contributed by atoms with E-state index in [0.29, 0.717) is 13.0 Å². The fourth-order valence-electron chi connectivity index (χ4n) is 4.01. The van der Waals surface area contributed by atoms with Gasteiger partial charge in [-0.15, -0.1) is 0 Å². The minimum absolute atomic E-state index is 0.0767. The largest absolute Gasteiger partial charge is 0.361 e. The molecule has 0 bridgehead atoms. The Kier molecular flexibility index (Phi) is 7.31. The van der Waals surface area contributed by atoms with E-state index in [1.165, 1.54) is 0 Å². The third kappa shape index (κ3) is 5.90. The third-order valence-electron chi connectivity index (χ3n) is 6.03. The lowest BCUT2D eigenvalue weighted by molar-refractivity contribution is -0.124. The molecule has 0 aliphatic carbocycles. The summed E-state index contributed by atoms with van der Waals surface area (Å²) >= 11 is 0. The molecule has 0 N–H and O–H groups in total. The summed E-state index contributed by atoms with van der Waals surface area (Å²) in [6, 6.07) is 25.6. The number of aromatic nitrogens is 4. The molecular weight excluding hydrogens is 462 g/mol. The van der Waals surface area contributed by atoms with E-state index in [9.17, 15) is 4.79 Å². The number of rotatable bonds is 9. The molecule has 0 radical (unpaired) electrons. The van der Waals surface area contributed by atoms with Crippen LogP contribution < -0.4 is 0 Å². The highest BCUT2D eigenvalue weighted by Gasteiger charge is 2.12. The van der Waals surface area contributed by atoms with Crippen LogP contribution in [0, 0.1) is 0 Å². The average molecular weight is 490 g/mol. The predicted octanol–water partition coefficient (Wildman–Crippen LogP) is 5.69. The second-order valence-corrected chi connectivity index (χ2v) is 8.70. The first-order chi connectivity index (χ1) is 18.2. The van der Waals surface area contributed by atoms with Gasteiger partial charge in [0.1, 0.15) is 17.1 Å². The molecule has 0 aliphatic rings.